The molecule has 1 saturated heterocycles. The molecule has 3 heterocycles. The summed E-state index contributed by atoms with van der Waals surface area (Å²) in [7, 11) is 0. The second-order valence-corrected chi connectivity index (χ2v) is 8.64. The number of halogens is 3. The Hall–Kier alpha value is -2.81. The van der Waals surface area contributed by atoms with Crippen molar-refractivity contribution in [1.82, 2.24) is 14.9 Å². The molecule has 0 saturated carbocycles. The number of alkyl halides is 3. The first-order valence-electron chi connectivity index (χ1n) is 10.3. The number of hydrogen-bond donors (Lipinski definition) is 0. The van der Waals surface area contributed by atoms with E-state index in [-0.39, 0.29) is 28.3 Å². The van der Waals surface area contributed by atoms with Crippen molar-refractivity contribution < 1.29 is 22.4 Å². The van der Waals surface area contributed by atoms with Crippen LogP contribution in [-0.4, -0.2) is 39.6 Å². The molecule has 0 spiro atoms. The molecule has 0 N–H and O–H groups in total. The molecule has 1 aromatic carbocycles. The van der Waals surface area contributed by atoms with Crippen molar-refractivity contribution in [3.05, 3.63) is 66.1 Å². The third-order valence-electron chi connectivity index (χ3n) is 5.43. The van der Waals surface area contributed by atoms with E-state index in [1.54, 1.807) is 11.0 Å². The van der Waals surface area contributed by atoms with E-state index in [9.17, 15) is 18.0 Å². The van der Waals surface area contributed by atoms with Gasteiger partial charge in [-0.25, -0.2) is 9.97 Å². The van der Waals surface area contributed by atoms with Gasteiger partial charge in [-0.3, -0.25) is 4.79 Å². The van der Waals surface area contributed by atoms with Crippen LogP contribution < -0.4 is 0 Å². The van der Waals surface area contributed by atoms with Crippen LogP contribution >= 0.6 is 11.8 Å². The molecule has 0 aliphatic carbocycles. The molecule has 1 aliphatic rings. The van der Waals surface area contributed by atoms with Gasteiger partial charge in [-0.2, -0.15) is 13.2 Å². The molecule has 1 fully saturated rings. The maximum atomic E-state index is 13.3. The normalized spacial score (nSPS) is 15.2. The minimum atomic E-state index is -4.62. The second kappa shape index (κ2) is 9.77. The molecule has 0 unspecified atom stereocenters. The molecule has 32 heavy (non-hydrogen) atoms. The molecule has 9 heteroatoms. The first-order chi connectivity index (χ1) is 15.4. The SMILES string of the molecule is O=C(CSc1nc(-c2ccco2)cc(C(F)(F)F)n1)N1CCC(Cc2ccccc2)CC1. The first kappa shape index (κ1) is 22.4. The van der Waals surface area contributed by atoms with Crippen molar-refractivity contribution in [1.29, 1.82) is 0 Å². The van der Waals surface area contributed by atoms with Crippen LogP contribution in [0.1, 0.15) is 24.1 Å². The van der Waals surface area contributed by atoms with Gasteiger partial charge in [0.2, 0.25) is 5.91 Å². The quantitative estimate of drug-likeness (QED) is 0.367. The van der Waals surface area contributed by atoms with Crippen LogP contribution in [0.15, 0.2) is 64.4 Å². The fraction of sp³-hybridized carbons (Fsp3) is 0.348. The van der Waals surface area contributed by atoms with E-state index in [0.29, 0.717) is 19.0 Å². The van der Waals surface area contributed by atoms with Gasteiger partial charge in [0.05, 0.1) is 12.0 Å². The molecule has 4 rings (SSSR count). The van der Waals surface area contributed by atoms with Crippen molar-refractivity contribution in [3.8, 4) is 11.5 Å². The summed E-state index contributed by atoms with van der Waals surface area (Å²) in [4.78, 5) is 22.2. The van der Waals surface area contributed by atoms with Gasteiger partial charge < -0.3 is 9.32 Å². The Morgan fingerprint density at radius 1 is 1.09 bits per heavy atom. The molecule has 1 aliphatic heterocycles. The summed E-state index contributed by atoms with van der Waals surface area (Å²) in [6, 6.07) is 14.2. The predicted molar refractivity (Wildman–Crippen MR) is 115 cm³/mol. The Balaban J connectivity index is 1.35. The van der Waals surface area contributed by atoms with Crippen molar-refractivity contribution >= 4 is 17.7 Å². The zero-order chi connectivity index (χ0) is 22.6. The first-order valence-corrected chi connectivity index (χ1v) is 11.3. The summed E-state index contributed by atoms with van der Waals surface area (Å²) in [5.41, 5.74) is 0.270. The van der Waals surface area contributed by atoms with Crippen LogP contribution in [0.3, 0.4) is 0 Å². The Labute approximate surface area is 188 Å². The van der Waals surface area contributed by atoms with Crippen LogP contribution in [0.2, 0.25) is 0 Å². The van der Waals surface area contributed by atoms with Crippen LogP contribution in [0.25, 0.3) is 11.5 Å². The summed E-state index contributed by atoms with van der Waals surface area (Å²) in [5.74, 6) is 0.611. The highest BCUT2D eigenvalue weighted by atomic mass is 32.2. The van der Waals surface area contributed by atoms with E-state index in [2.05, 4.69) is 22.1 Å². The molecule has 2 aromatic heterocycles. The lowest BCUT2D eigenvalue weighted by Gasteiger charge is -2.32. The largest absolute Gasteiger partial charge is 0.463 e. The average Bonchev–Trinajstić information content (AvgIpc) is 3.33. The van der Waals surface area contributed by atoms with Crippen molar-refractivity contribution in [3.63, 3.8) is 0 Å². The average molecular weight is 462 g/mol. The molecule has 0 atom stereocenters. The molecule has 168 valence electrons. The Kier molecular flexibility index (Phi) is 6.83. The summed E-state index contributed by atoms with van der Waals surface area (Å²) < 4.78 is 45.0. The molecule has 1 amide bonds. The Morgan fingerprint density at radius 2 is 1.84 bits per heavy atom. The highest BCUT2D eigenvalue weighted by Crippen LogP contribution is 2.32. The number of carbonyl (C=O) groups is 1. The zero-order valence-electron chi connectivity index (χ0n) is 17.2. The maximum absolute atomic E-state index is 13.3. The topological polar surface area (TPSA) is 59.2 Å². The number of likely N-dealkylation sites (tertiary alicyclic amines) is 1. The van der Waals surface area contributed by atoms with E-state index >= 15 is 0 Å². The maximum Gasteiger partial charge on any atom is 0.433 e. The number of benzene rings is 1. The number of nitrogens with zero attached hydrogens (tertiary/aromatic N) is 3. The third kappa shape index (κ3) is 5.70. The van der Waals surface area contributed by atoms with Crippen LogP contribution in [0, 0.1) is 5.92 Å². The molecular formula is C23H22F3N3O2S. The number of hydrogen-bond acceptors (Lipinski definition) is 5. The van der Waals surface area contributed by atoms with Crippen LogP contribution in [-0.2, 0) is 17.4 Å². The van der Waals surface area contributed by atoms with E-state index in [4.69, 9.17) is 4.42 Å². The summed E-state index contributed by atoms with van der Waals surface area (Å²) in [6.07, 6.45) is -0.444. The van der Waals surface area contributed by atoms with Crippen LogP contribution in [0.4, 0.5) is 13.2 Å². The summed E-state index contributed by atoms with van der Waals surface area (Å²) >= 11 is 0.912. The fourth-order valence-electron chi connectivity index (χ4n) is 3.74. The van der Waals surface area contributed by atoms with Crippen molar-refractivity contribution in [2.24, 2.45) is 5.92 Å². The minimum Gasteiger partial charge on any atom is -0.463 e. The molecule has 0 bridgehead atoms. The number of piperidine rings is 1. The van der Waals surface area contributed by atoms with Gasteiger partial charge in [0.25, 0.3) is 0 Å². The van der Waals surface area contributed by atoms with Gasteiger partial charge in [-0.15, -0.1) is 0 Å². The van der Waals surface area contributed by atoms with E-state index in [1.165, 1.54) is 17.9 Å². The minimum absolute atomic E-state index is 0.0116. The second-order valence-electron chi connectivity index (χ2n) is 7.70. The lowest BCUT2D eigenvalue weighted by molar-refractivity contribution is -0.141. The van der Waals surface area contributed by atoms with Crippen molar-refractivity contribution in [2.45, 2.75) is 30.6 Å². The van der Waals surface area contributed by atoms with Gasteiger partial charge >= 0.3 is 6.18 Å². The molecule has 0 radical (unpaired) electrons. The fourth-order valence-corrected chi connectivity index (χ4v) is 4.50. The lowest BCUT2D eigenvalue weighted by Crippen LogP contribution is -2.39. The van der Waals surface area contributed by atoms with Gasteiger partial charge in [-0.1, -0.05) is 42.1 Å². The number of furan rings is 1. The smallest absolute Gasteiger partial charge is 0.433 e. The van der Waals surface area contributed by atoms with Crippen molar-refractivity contribution in [2.75, 3.05) is 18.8 Å². The highest BCUT2D eigenvalue weighted by molar-refractivity contribution is 7.99. The molecule has 5 nitrogen and oxygen atoms in total. The standard InChI is InChI=1S/C23H22F3N3O2S/c24-23(25,26)20-14-18(19-7-4-12-31-19)27-22(28-20)32-15-21(30)29-10-8-17(9-11-29)13-16-5-2-1-3-6-16/h1-7,12,14,17H,8-11,13,15H2. The molecule has 3 aromatic rings. The van der Waals surface area contributed by atoms with E-state index in [1.807, 2.05) is 18.2 Å². The zero-order valence-corrected chi connectivity index (χ0v) is 18.0. The number of rotatable bonds is 6. The third-order valence-corrected chi connectivity index (χ3v) is 6.26. The lowest BCUT2D eigenvalue weighted by atomic mass is 9.90. The number of carbonyl (C=O) groups excluding carboxylic acids is 1. The monoisotopic (exact) mass is 461 g/mol. The Bertz CT molecular complexity index is 1030. The van der Waals surface area contributed by atoms with E-state index in [0.717, 1.165) is 37.1 Å². The highest BCUT2D eigenvalue weighted by Gasteiger charge is 2.34. The van der Waals surface area contributed by atoms with Gasteiger partial charge in [-0.05, 0) is 48.9 Å². The molecular weight excluding hydrogens is 439 g/mol. The van der Waals surface area contributed by atoms with Gasteiger partial charge in [0.1, 0.15) is 11.4 Å². The summed E-state index contributed by atoms with van der Waals surface area (Å²) in [6.45, 7) is 1.30. The number of thioether (sulfide) groups is 1. The van der Waals surface area contributed by atoms with Gasteiger partial charge in [0, 0.05) is 13.1 Å². The van der Waals surface area contributed by atoms with Crippen LogP contribution in [0.5, 0.6) is 0 Å². The van der Waals surface area contributed by atoms with Gasteiger partial charge in [0.15, 0.2) is 10.9 Å². The number of amides is 1. The summed E-state index contributed by atoms with van der Waals surface area (Å²) in [5, 5.41) is -0.0986. The predicted octanol–water partition coefficient (Wildman–Crippen LogP) is 5.33. The Morgan fingerprint density at radius 3 is 2.50 bits per heavy atom. The van der Waals surface area contributed by atoms with E-state index < -0.39 is 11.9 Å². The number of aromatic nitrogens is 2.